The second-order valence-electron chi connectivity index (χ2n) is 9.00. The van der Waals surface area contributed by atoms with Gasteiger partial charge >= 0.3 is 0 Å². The Kier molecular flexibility index (Phi) is 3.56. The molecule has 0 spiro atoms. The summed E-state index contributed by atoms with van der Waals surface area (Å²) in [6, 6.07) is 8.75. The van der Waals surface area contributed by atoms with E-state index in [-0.39, 0.29) is 10.8 Å². The van der Waals surface area contributed by atoms with Crippen LogP contribution in [0, 0.1) is 27.3 Å². The summed E-state index contributed by atoms with van der Waals surface area (Å²) in [4.78, 5) is 8.61. The zero-order chi connectivity index (χ0) is 19.7. The SMILES string of the molecule is [C-]#[N+]c1ccnc2c1C(C)(C)C(C)(C)c1c-2cc2cc(C)c(C)cc2c1C. The maximum Gasteiger partial charge on any atom is 0.194 e. The van der Waals surface area contributed by atoms with E-state index in [1.807, 2.05) is 6.07 Å². The summed E-state index contributed by atoms with van der Waals surface area (Å²) in [6.45, 7) is 23.4. The molecule has 0 fully saturated rings. The average molecular weight is 354 g/mol. The van der Waals surface area contributed by atoms with E-state index >= 15 is 0 Å². The minimum absolute atomic E-state index is 0.116. The van der Waals surface area contributed by atoms with Crippen LogP contribution in [-0.4, -0.2) is 4.98 Å². The molecule has 27 heavy (non-hydrogen) atoms. The molecule has 0 aliphatic heterocycles. The minimum atomic E-state index is -0.193. The van der Waals surface area contributed by atoms with E-state index in [2.05, 4.69) is 71.5 Å². The Morgan fingerprint density at radius 3 is 2.19 bits per heavy atom. The van der Waals surface area contributed by atoms with Crippen LogP contribution < -0.4 is 0 Å². The fraction of sp³-hybridized carbons (Fsp3) is 0.360. The zero-order valence-electron chi connectivity index (χ0n) is 17.3. The van der Waals surface area contributed by atoms with Crippen molar-refractivity contribution in [3.63, 3.8) is 0 Å². The van der Waals surface area contributed by atoms with Crippen LogP contribution in [0.1, 0.15) is 55.5 Å². The minimum Gasteiger partial charge on any atom is -0.259 e. The van der Waals surface area contributed by atoms with E-state index in [0.717, 1.165) is 16.9 Å². The van der Waals surface area contributed by atoms with Crippen LogP contribution in [0.2, 0.25) is 0 Å². The first-order valence-electron chi connectivity index (χ1n) is 9.53. The van der Waals surface area contributed by atoms with E-state index in [4.69, 9.17) is 11.6 Å². The maximum absolute atomic E-state index is 7.70. The van der Waals surface area contributed by atoms with E-state index in [0.29, 0.717) is 0 Å². The molecule has 0 radical (unpaired) electrons. The molecule has 1 heterocycles. The predicted molar refractivity (Wildman–Crippen MR) is 114 cm³/mol. The van der Waals surface area contributed by atoms with Gasteiger partial charge in [-0.1, -0.05) is 39.8 Å². The number of pyridine rings is 1. The first-order valence-corrected chi connectivity index (χ1v) is 9.53. The third kappa shape index (κ3) is 2.15. The van der Waals surface area contributed by atoms with Crippen molar-refractivity contribution in [3.8, 4) is 11.3 Å². The van der Waals surface area contributed by atoms with Gasteiger partial charge in [0.05, 0.1) is 12.3 Å². The number of aryl methyl sites for hydroxylation is 3. The van der Waals surface area contributed by atoms with Crippen molar-refractivity contribution >= 4 is 16.5 Å². The Bertz CT molecular complexity index is 1160. The maximum atomic E-state index is 7.70. The molecule has 2 aromatic carbocycles. The molecule has 0 saturated carbocycles. The zero-order valence-corrected chi connectivity index (χ0v) is 17.3. The fourth-order valence-corrected chi connectivity index (χ4v) is 4.83. The molecule has 136 valence electrons. The smallest absolute Gasteiger partial charge is 0.194 e. The molecular formula is C25H26N2. The largest absolute Gasteiger partial charge is 0.259 e. The fourth-order valence-electron chi connectivity index (χ4n) is 4.83. The summed E-state index contributed by atoms with van der Waals surface area (Å²) in [5.74, 6) is 0. The highest BCUT2D eigenvalue weighted by Crippen LogP contribution is 2.57. The van der Waals surface area contributed by atoms with Gasteiger partial charge in [-0.3, -0.25) is 4.98 Å². The highest BCUT2D eigenvalue weighted by Gasteiger charge is 2.48. The summed E-state index contributed by atoms with van der Waals surface area (Å²) >= 11 is 0. The van der Waals surface area contributed by atoms with Crippen molar-refractivity contribution in [1.82, 2.24) is 4.98 Å². The lowest BCUT2D eigenvalue weighted by atomic mass is 9.55. The third-order valence-electron chi connectivity index (χ3n) is 7.13. The van der Waals surface area contributed by atoms with Gasteiger partial charge in [0, 0.05) is 11.8 Å². The molecule has 0 unspecified atom stereocenters. The van der Waals surface area contributed by atoms with E-state index in [9.17, 15) is 0 Å². The molecule has 0 saturated heterocycles. The van der Waals surface area contributed by atoms with Crippen LogP contribution in [0.5, 0.6) is 0 Å². The van der Waals surface area contributed by atoms with Gasteiger partial charge in [-0.05, 0) is 82.3 Å². The molecule has 0 amide bonds. The van der Waals surface area contributed by atoms with Crippen molar-refractivity contribution in [2.45, 2.75) is 59.3 Å². The summed E-state index contributed by atoms with van der Waals surface area (Å²) in [6.07, 6.45) is 1.78. The molecule has 1 aromatic heterocycles. The molecule has 3 aromatic rings. The lowest BCUT2D eigenvalue weighted by Gasteiger charge is -2.49. The number of hydrogen-bond donors (Lipinski definition) is 0. The molecule has 0 bridgehead atoms. The van der Waals surface area contributed by atoms with Crippen LogP contribution in [0.4, 0.5) is 5.69 Å². The van der Waals surface area contributed by atoms with Crippen LogP contribution in [0.15, 0.2) is 30.5 Å². The summed E-state index contributed by atoms with van der Waals surface area (Å²) in [7, 11) is 0. The van der Waals surface area contributed by atoms with Gasteiger partial charge < -0.3 is 0 Å². The second-order valence-corrected chi connectivity index (χ2v) is 9.00. The van der Waals surface area contributed by atoms with Crippen molar-refractivity contribution in [2.24, 2.45) is 0 Å². The molecule has 0 N–H and O–H groups in total. The number of fused-ring (bicyclic) bond motifs is 4. The van der Waals surface area contributed by atoms with E-state index < -0.39 is 0 Å². The molecule has 4 rings (SSSR count). The highest BCUT2D eigenvalue weighted by molar-refractivity contribution is 5.95. The van der Waals surface area contributed by atoms with Gasteiger partial charge in [-0.25, -0.2) is 4.85 Å². The van der Waals surface area contributed by atoms with Crippen molar-refractivity contribution < 1.29 is 0 Å². The predicted octanol–water partition coefficient (Wildman–Crippen LogP) is 6.95. The van der Waals surface area contributed by atoms with Crippen LogP contribution in [-0.2, 0) is 10.8 Å². The van der Waals surface area contributed by atoms with Gasteiger partial charge in [-0.2, -0.15) is 0 Å². The highest BCUT2D eigenvalue weighted by atomic mass is 14.8. The standard InChI is InChI=1S/C25H26N2/c1-14-11-17-13-19-21(16(3)18(17)12-15(14)2)24(4,5)25(6,7)22-20(26-8)9-10-27-23(19)22/h9-13H,1-7H3. The van der Waals surface area contributed by atoms with Crippen molar-refractivity contribution in [3.05, 3.63) is 69.7 Å². The Morgan fingerprint density at radius 1 is 0.889 bits per heavy atom. The van der Waals surface area contributed by atoms with Gasteiger partial charge in [-0.15, -0.1) is 0 Å². The summed E-state index contributed by atoms with van der Waals surface area (Å²) in [5, 5.41) is 2.58. The van der Waals surface area contributed by atoms with Crippen LogP contribution in [0.3, 0.4) is 0 Å². The van der Waals surface area contributed by atoms with Gasteiger partial charge in [0.15, 0.2) is 5.69 Å². The van der Waals surface area contributed by atoms with E-state index in [1.54, 1.807) is 6.20 Å². The molecule has 0 atom stereocenters. The number of hydrogen-bond acceptors (Lipinski definition) is 1. The Balaban J connectivity index is 2.24. The monoisotopic (exact) mass is 354 g/mol. The average Bonchev–Trinajstić information content (AvgIpc) is 2.61. The number of nitrogens with zero attached hydrogens (tertiary/aromatic N) is 2. The summed E-state index contributed by atoms with van der Waals surface area (Å²) in [5.41, 5.74) is 9.00. The Labute approximate surface area is 162 Å². The quantitative estimate of drug-likeness (QED) is 0.399. The summed E-state index contributed by atoms with van der Waals surface area (Å²) < 4.78 is 0. The molecular weight excluding hydrogens is 328 g/mol. The van der Waals surface area contributed by atoms with Crippen molar-refractivity contribution in [2.75, 3.05) is 0 Å². The topological polar surface area (TPSA) is 17.2 Å². The molecule has 2 heteroatoms. The van der Waals surface area contributed by atoms with Gasteiger partial charge in [0.2, 0.25) is 0 Å². The number of benzene rings is 2. The van der Waals surface area contributed by atoms with Gasteiger partial charge in [0.25, 0.3) is 0 Å². The Hall–Kier alpha value is -2.66. The van der Waals surface area contributed by atoms with E-state index in [1.165, 1.54) is 38.6 Å². The first kappa shape index (κ1) is 17.7. The first-order chi connectivity index (χ1) is 12.6. The third-order valence-corrected chi connectivity index (χ3v) is 7.13. The van der Waals surface area contributed by atoms with Gasteiger partial charge in [0.1, 0.15) is 0 Å². The normalized spacial score (nSPS) is 16.5. The number of aromatic nitrogens is 1. The molecule has 2 nitrogen and oxygen atoms in total. The second kappa shape index (κ2) is 5.42. The number of rotatable bonds is 0. The van der Waals surface area contributed by atoms with Crippen LogP contribution in [0.25, 0.3) is 26.9 Å². The molecule has 1 aliphatic carbocycles. The van der Waals surface area contributed by atoms with Crippen molar-refractivity contribution in [1.29, 1.82) is 0 Å². The lowest BCUT2D eigenvalue weighted by Crippen LogP contribution is -2.44. The lowest BCUT2D eigenvalue weighted by molar-refractivity contribution is 0.298. The molecule has 1 aliphatic rings. The Morgan fingerprint density at radius 2 is 1.52 bits per heavy atom. The van der Waals surface area contributed by atoms with Crippen LogP contribution >= 0.6 is 0 Å².